The third kappa shape index (κ3) is 3.17. The quantitative estimate of drug-likeness (QED) is 0.639. The lowest BCUT2D eigenvalue weighted by atomic mass is 10.1. The van der Waals surface area contributed by atoms with Crippen LogP contribution in [0.1, 0.15) is 34.0 Å². The van der Waals surface area contributed by atoms with Gasteiger partial charge < -0.3 is 25.6 Å². The molecule has 1 unspecified atom stereocenters. The van der Waals surface area contributed by atoms with E-state index in [9.17, 15) is 9.90 Å². The van der Waals surface area contributed by atoms with E-state index in [1.54, 1.807) is 31.2 Å². The van der Waals surface area contributed by atoms with Gasteiger partial charge in [-0.2, -0.15) is 0 Å². The minimum absolute atomic E-state index is 0.316. The van der Waals surface area contributed by atoms with Gasteiger partial charge in [0.15, 0.2) is 11.5 Å². The number of aliphatic hydroxyl groups is 1. The van der Waals surface area contributed by atoms with Crippen molar-refractivity contribution < 1.29 is 19.4 Å². The summed E-state index contributed by atoms with van der Waals surface area (Å²) in [6, 6.07) is 7.04. The molecule has 8 heteroatoms. The number of hydrogen-bond donors (Lipinski definition) is 3. The van der Waals surface area contributed by atoms with Crippen molar-refractivity contribution in [2.24, 2.45) is 0 Å². The summed E-state index contributed by atoms with van der Waals surface area (Å²) in [5.41, 5.74) is 8.58. The monoisotopic (exact) mass is 385 g/mol. The van der Waals surface area contributed by atoms with Crippen LogP contribution < -0.4 is 20.5 Å². The second kappa shape index (κ2) is 6.71. The Morgan fingerprint density at radius 2 is 2.04 bits per heavy atom. The van der Waals surface area contributed by atoms with Gasteiger partial charge in [0.1, 0.15) is 22.9 Å². The van der Waals surface area contributed by atoms with Gasteiger partial charge in [-0.05, 0) is 32.0 Å². The van der Waals surface area contributed by atoms with Crippen molar-refractivity contribution in [3.8, 4) is 11.5 Å². The van der Waals surface area contributed by atoms with E-state index in [1.807, 2.05) is 6.92 Å². The Hall–Kier alpha value is -2.84. The number of carbonyl (C=O) groups is 1. The lowest BCUT2D eigenvalue weighted by Gasteiger charge is -2.18. The van der Waals surface area contributed by atoms with Crippen LogP contribution in [0.5, 0.6) is 11.5 Å². The van der Waals surface area contributed by atoms with Crippen LogP contribution in [0.4, 0.5) is 11.4 Å². The van der Waals surface area contributed by atoms with Crippen LogP contribution in [0.3, 0.4) is 0 Å². The smallest absolute Gasteiger partial charge is 0.267 e. The van der Waals surface area contributed by atoms with Gasteiger partial charge in [0.05, 0.1) is 11.8 Å². The van der Waals surface area contributed by atoms with Gasteiger partial charge in [0, 0.05) is 28.4 Å². The SMILES string of the molecule is Cc1nc2sc(C(=O)Nc3ccc4c(c3)OCCO4)c(N)c2cc1C(C)O. The first-order valence-corrected chi connectivity index (χ1v) is 9.34. The molecule has 0 spiro atoms. The first-order chi connectivity index (χ1) is 12.9. The number of anilines is 2. The Balaban J connectivity index is 1.65. The van der Waals surface area contributed by atoms with Gasteiger partial charge in [-0.3, -0.25) is 4.79 Å². The van der Waals surface area contributed by atoms with Crippen molar-refractivity contribution in [1.82, 2.24) is 4.98 Å². The van der Waals surface area contributed by atoms with Crippen molar-refractivity contribution in [2.45, 2.75) is 20.0 Å². The van der Waals surface area contributed by atoms with E-state index in [-0.39, 0.29) is 5.91 Å². The molecular weight excluding hydrogens is 366 g/mol. The first kappa shape index (κ1) is 17.6. The molecule has 1 aromatic carbocycles. The number of rotatable bonds is 3. The average molecular weight is 385 g/mol. The molecule has 2 aromatic heterocycles. The number of pyridine rings is 1. The van der Waals surface area contributed by atoms with Gasteiger partial charge in [0.25, 0.3) is 5.91 Å². The molecule has 0 aliphatic carbocycles. The third-order valence-electron chi connectivity index (χ3n) is 4.41. The number of thiophene rings is 1. The molecular formula is C19H19N3O4S. The number of nitrogen functional groups attached to an aromatic ring is 1. The maximum Gasteiger partial charge on any atom is 0.267 e. The summed E-state index contributed by atoms with van der Waals surface area (Å²) >= 11 is 1.23. The maximum absolute atomic E-state index is 12.7. The predicted octanol–water partition coefficient (Wildman–Crippen LogP) is 3.26. The Morgan fingerprint density at radius 3 is 2.78 bits per heavy atom. The van der Waals surface area contributed by atoms with Crippen molar-refractivity contribution in [3.63, 3.8) is 0 Å². The van der Waals surface area contributed by atoms with E-state index in [4.69, 9.17) is 15.2 Å². The zero-order valence-electron chi connectivity index (χ0n) is 14.9. The number of nitrogens with one attached hydrogen (secondary N) is 1. The van der Waals surface area contributed by atoms with Gasteiger partial charge in [-0.15, -0.1) is 11.3 Å². The maximum atomic E-state index is 12.7. The minimum Gasteiger partial charge on any atom is -0.486 e. The summed E-state index contributed by atoms with van der Waals surface area (Å²) in [6.45, 7) is 4.49. The number of nitrogens with zero attached hydrogens (tertiary/aromatic N) is 1. The fourth-order valence-corrected chi connectivity index (χ4v) is 4.06. The molecule has 0 bridgehead atoms. The molecule has 1 amide bonds. The Labute approximate surface area is 159 Å². The summed E-state index contributed by atoms with van der Waals surface area (Å²) in [6.07, 6.45) is -0.656. The molecule has 4 rings (SSSR count). The van der Waals surface area contributed by atoms with Crippen LogP contribution in [0.2, 0.25) is 0 Å². The van der Waals surface area contributed by atoms with Crippen molar-refractivity contribution in [2.75, 3.05) is 24.3 Å². The number of aliphatic hydroxyl groups excluding tert-OH is 1. The van der Waals surface area contributed by atoms with Crippen LogP contribution in [0.15, 0.2) is 24.3 Å². The molecule has 0 saturated heterocycles. The average Bonchev–Trinajstić information content (AvgIpc) is 2.96. The summed E-state index contributed by atoms with van der Waals surface area (Å²) in [7, 11) is 0. The fourth-order valence-electron chi connectivity index (χ4n) is 3.04. The Morgan fingerprint density at radius 1 is 1.30 bits per heavy atom. The molecule has 1 atom stereocenters. The van der Waals surface area contributed by atoms with Crippen LogP contribution in [-0.4, -0.2) is 29.2 Å². The van der Waals surface area contributed by atoms with Gasteiger partial charge in [-0.25, -0.2) is 4.98 Å². The number of nitrogens with two attached hydrogens (primary N) is 1. The van der Waals surface area contributed by atoms with E-state index in [0.29, 0.717) is 56.7 Å². The summed E-state index contributed by atoms with van der Waals surface area (Å²) in [5.74, 6) is 0.941. The van der Waals surface area contributed by atoms with Gasteiger partial charge in [0.2, 0.25) is 0 Å². The molecule has 140 valence electrons. The van der Waals surface area contributed by atoms with Crippen molar-refractivity contribution >= 4 is 38.8 Å². The summed E-state index contributed by atoms with van der Waals surface area (Å²) < 4.78 is 11.0. The Bertz CT molecular complexity index is 1050. The zero-order chi connectivity index (χ0) is 19.1. The topological polar surface area (TPSA) is 107 Å². The molecule has 7 nitrogen and oxygen atoms in total. The van der Waals surface area contributed by atoms with E-state index < -0.39 is 6.10 Å². The number of aromatic nitrogens is 1. The summed E-state index contributed by atoms with van der Waals surface area (Å²) in [5, 5.41) is 13.4. The van der Waals surface area contributed by atoms with E-state index in [0.717, 1.165) is 5.69 Å². The number of benzene rings is 1. The first-order valence-electron chi connectivity index (χ1n) is 8.52. The highest BCUT2D eigenvalue weighted by atomic mass is 32.1. The minimum atomic E-state index is -0.656. The van der Waals surface area contributed by atoms with Crippen LogP contribution in [0.25, 0.3) is 10.2 Å². The molecule has 3 aromatic rings. The number of hydrogen-bond acceptors (Lipinski definition) is 7. The Kier molecular flexibility index (Phi) is 4.37. The normalized spacial score (nSPS) is 14.2. The molecule has 0 radical (unpaired) electrons. The number of ether oxygens (including phenoxy) is 2. The molecule has 4 N–H and O–H groups in total. The fraction of sp³-hybridized carbons (Fsp3) is 0.263. The third-order valence-corrected chi connectivity index (χ3v) is 5.52. The number of fused-ring (bicyclic) bond motifs is 2. The van der Waals surface area contributed by atoms with E-state index in [2.05, 4.69) is 10.3 Å². The standard InChI is InChI=1S/C19H19N3O4S/c1-9-12(10(2)23)8-13-16(20)17(27-19(13)21-9)18(24)22-11-3-4-14-15(7-11)26-6-5-25-14/h3-4,7-8,10,23H,5-6,20H2,1-2H3,(H,22,24). The van der Waals surface area contributed by atoms with Crippen molar-refractivity contribution in [3.05, 3.63) is 40.4 Å². The van der Waals surface area contributed by atoms with Gasteiger partial charge >= 0.3 is 0 Å². The predicted molar refractivity (Wildman–Crippen MR) is 105 cm³/mol. The van der Waals surface area contributed by atoms with E-state index >= 15 is 0 Å². The lowest BCUT2D eigenvalue weighted by Crippen LogP contribution is -2.16. The second-order valence-corrected chi connectivity index (χ2v) is 7.35. The van der Waals surface area contributed by atoms with Gasteiger partial charge in [-0.1, -0.05) is 0 Å². The van der Waals surface area contributed by atoms with Crippen molar-refractivity contribution in [1.29, 1.82) is 0 Å². The number of carbonyl (C=O) groups excluding carboxylic acids is 1. The molecule has 0 saturated carbocycles. The number of amides is 1. The highest BCUT2D eigenvalue weighted by molar-refractivity contribution is 7.21. The molecule has 3 heterocycles. The molecule has 27 heavy (non-hydrogen) atoms. The molecule has 1 aliphatic heterocycles. The zero-order valence-corrected chi connectivity index (χ0v) is 15.7. The largest absolute Gasteiger partial charge is 0.486 e. The summed E-state index contributed by atoms with van der Waals surface area (Å²) in [4.78, 5) is 18.3. The number of aryl methyl sites for hydroxylation is 1. The van der Waals surface area contributed by atoms with E-state index in [1.165, 1.54) is 11.3 Å². The molecule has 1 aliphatic rings. The highest BCUT2D eigenvalue weighted by Crippen LogP contribution is 2.36. The van der Waals surface area contributed by atoms with Crippen LogP contribution in [0, 0.1) is 6.92 Å². The highest BCUT2D eigenvalue weighted by Gasteiger charge is 2.20. The van der Waals surface area contributed by atoms with Crippen LogP contribution in [-0.2, 0) is 0 Å². The second-order valence-electron chi connectivity index (χ2n) is 6.35. The van der Waals surface area contributed by atoms with Crippen LogP contribution >= 0.6 is 11.3 Å². The molecule has 0 fully saturated rings. The lowest BCUT2D eigenvalue weighted by molar-refractivity contribution is 0.103.